The van der Waals surface area contributed by atoms with E-state index < -0.39 is 29.5 Å². The van der Waals surface area contributed by atoms with E-state index in [2.05, 4.69) is 9.97 Å². The Morgan fingerprint density at radius 2 is 1.74 bits per heavy atom. The van der Waals surface area contributed by atoms with Gasteiger partial charge in [0.2, 0.25) is 5.88 Å². The number of carboxylic acid groups (broad SMARTS) is 1. The van der Waals surface area contributed by atoms with Gasteiger partial charge in [-0.25, -0.2) is 27.9 Å². The minimum atomic E-state index is -1.13. The van der Waals surface area contributed by atoms with E-state index in [0.29, 0.717) is 22.4 Å². The number of carboxylic acids is 1. The number of benzene rings is 3. The van der Waals surface area contributed by atoms with Gasteiger partial charge in [0.05, 0.1) is 41.5 Å². The number of imidazole rings is 1. The number of ether oxygens (including phenoxy) is 2. The van der Waals surface area contributed by atoms with Crippen molar-refractivity contribution in [2.24, 2.45) is 0 Å². The lowest BCUT2D eigenvalue weighted by Crippen LogP contribution is -2.24. The largest absolute Gasteiger partial charge is 0.478 e. The van der Waals surface area contributed by atoms with Crippen LogP contribution in [0.2, 0.25) is 0 Å². The maximum Gasteiger partial charge on any atom is 0.335 e. The minimum Gasteiger partial charge on any atom is -0.478 e. The van der Waals surface area contributed by atoms with Crippen LogP contribution in [0.25, 0.3) is 22.3 Å². The SMILES string of the molecule is CO[C@@H](CO)Cn1c(Cc2cc(F)c(-c3cccc(OCc4ccc(C)cc4F)n3)cc2F)nc2ccc(C(=O)O)cc21. The Kier molecular flexibility index (Phi) is 8.74. The summed E-state index contributed by atoms with van der Waals surface area (Å²) in [5, 5.41) is 19.1. The van der Waals surface area contributed by atoms with Gasteiger partial charge in [0, 0.05) is 30.7 Å². The normalized spacial score (nSPS) is 12.0. The van der Waals surface area contributed by atoms with Gasteiger partial charge in [0.15, 0.2) is 0 Å². The molecule has 0 aliphatic carbocycles. The Hall–Kier alpha value is -4.74. The Bertz CT molecular complexity index is 1800. The number of aryl methyl sites for hydroxylation is 1. The van der Waals surface area contributed by atoms with Gasteiger partial charge in [0.1, 0.15) is 29.9 Å². The van der Waals surface area contributed by atoms with Gasteiger partial charge < -0.3 is 24.3 Å². The van der Waals surface area contributed by atoms with Crippen LogP contribution in [-0.4, -0.2) is 50.5 Å². The molecule has 0 saturated carbocycles. The molecular weight excluding hydrogens is 563 g/mol. The molecule has 2 heterocycles. The zero-order valence-corrected chi connectivity index (χ0v) is 23.4. The second-order valence-corrected chi connectivity index (χ2v) is 10.0. The molecule has 0 fully saturated rings. The zero-order chi connectivity index (χ0) is 30.7. The summed E-state index contributed by atoms with van der Waals surface area (Å²) in [6.07, 6.45) is -0.766. The number of hydrogen-bond acceptors (Lipinski definition) is 6. The van der Waals surface area contributed by atoms with Crippen LogP contribution in [0.1, 0.15) is 32.9 Å². The molecule has 5 rings (SSSR count). The number of methoxy groups -OCH3 is 1. The number of aromatic carboxylic acids is 1. The maximum absolute atomic E-state index is 15.5. The van der Waals surface area contributed by atoms with Crippen molar-refractivity contribution in [1.29, 1.82) is 0 Å². The molecule has 0 unspecified atom stereocenters. The fourth-order valence-electron chi connectivity index (χ4n) is 4.71. The molecule has 0 aliphatic rings. The molecule has 0 spiro atoms. The molecule has 222 valence electrons. The Balaban J connectivity index is 1.43. The molecule has 0 amide bonds. The van der Waals surface area contributed by atoms with E-state index >= 15 is 8.78 Å². The van der Waals surface area contributed by atoms with Gasteiger partial charge in [-0.05, 0) is 60.5 Å². The number of aromatic nitrogens is 3. The summed E-state index contributed by atoms with van der Waals surface area (Å²) in [5.74, 6) is -2.53. The van der Waals surface area contributed by atoms with Crippen molar-refractivity contribution in [3.63, 3.8) is 0 Å². The van der Waals surface area contributed by atoms with E-state index in [9.17, 15) is 19.4 Å². The van der Waals surface area contributed by atoms with Crippen LogP contribution in [0.5, 0.6) is 5.88 Å². The third-order valence-corrected chi connectivity index (χ3v) is 7.07. The Morgan fingerprint density at radius 3 is 2.47 bits per heavy atom. The van der Waals surface area contributed by atoms with Gasteiger partial charge in [-0.3, -0.25) is 0 Å². The van der Waals surface area contributed by atoms with E-state index in [1.165, 1.54) is 43.5 Å². The number of aliphatic hydroxyl groups excluding tert-OH is 1. The van der Waals surface area contributed by atoms with Crippen LogP contribution in [0.3, 0.4) is 0 Å². The van der Waals surface area contributed by atoms with E-state index in [1.807, 2.05) is 0 Å². The summed E-state index contributed by atoms with van der Waals surface area (Å²) in [7, 11) is 1.42. The average Bonchev–Trinajstić information content (AvgIpc) is 3.32. The number of aliphatic hydroxyl groups is 1. The third-order valence-electron chi connectivity index (χ3n) is 7.07. The number of nitrogens with zero attached hydrogens (tertiary/aromatic N) is 3. The van der Waals surface area contributed by atoms with E-state index in [-0.39, 0.29) is 54.4 Å². The van der Waals surface area contributed by atoms with Crippen molar-refractivity contribution < 1.29 is 37.7 Å². The fourth-order valence-corrected chi connectivity index (χ4v) is 4.71. The van der Waals surface area contributed by atoms with Crippen LogP contribution in [0.15, 0.2) is 66.7 Å². The quantitative estimate of drug-likeness (QED) is 0.203. The van der Waals surface area contributed by atoms with Crippen LogP contribution >= 0.6 is 0 Å². The van der Waals surface area contributed by atoms with E-state index in [0.717, 1.165) is 17.7 Å². The van der Waals surface area contributed by atoms with Gasteiger partial charge in [-0.15, -0.1) is 0 Å². The Labute approximate surface area is 245 Å². The van der Waals surface area contributed by atoms with Gasteiger partial charge in [-0.2, -0.15) is 0 Å². The summed E-state index contributed by atoms with van der Waals surface area (Å²) >= 11 is 0. The maximum atomic E-state index is 15.5. The fraction of sp³-hybridized carbons (Fsp3) is 0.219. The monoisotopic (exact) mass is 591 g/mol. The molecule has 11 heteroatoms. The third kappa shape index (κ3) is 6.52. The molecule has 43 heavy (non-hydrogen) atoms. The smallest absolute Gasteiger partial charge is 0.335 e. The first-order chi connectivity index (χ1) is 20.7. The molecule has 2 aromatic heterocycles. The lowest BCUT2D eigenvalue weighted by Gasteiger charge is -2.16. The second kappa shape index (κ2) is 12.6. The highest BCUT2D eigenvalue weighted by atomic mass is 19.1. The predicted molar refractivity (Wildman–Crippen MR) is 152 cm³/mol. The van der Waals surface area contributed by atoms with Crippen LogP contribution < -0.4 is 4.74 Å². The molecular formula is C32H28F3N3O5. The molecule has 2 N–H and O–H groups in total. The number of pyridine rings is 1. The summed E-state index contributed by atoms with van der Waals surface area (Å²) in [6.45, 7) is 1.47. The summed E-state index contributed by atoms with van der Waals surface area (Å²) in [4.78, 5) is 20.4. The first kappa shape index (κ1) is 29.7. The molecule has 0 radical (unpaired) electrons. The molecule has 0 aliphatic heterocycles. The summed E-state index contributed by atoms with van der Waals surface area (Å²) in [5.41, 5.74) is 2.10. The van der Waals surface area contributed by atoms with Crippen LogP contribution in [0.4, 0.5) is 13.2 Å². The molecule has 8 nitrogen and oxygen atoms in total. The van der Waals surface area contributed by atoms with Crippen molar-refractivity contribution in [1.82, 2.24) is 14.5 Å². The predicted octanol–water partition coefficient (Wildman–Crippen LogP) is 5.70. The van der Waals surface area contributed by atoms with Crippen molar-refractivity contribution in [2.75, 3.05) is 13.7 Å². The number of rotatable bonds is 11. The zero-order valence-electron chi connectivity index (χ0n) is 23.4. The first-order valence-corrected chi connectivity index (χ1v) is 13.4. The van der Waals surface area contributed by atoms with E-state index in [1.54, 1.807) is 29.7 Å². The van der Waals surface area contributed by atoms with Crippen molar-refractivity contribution in [3.8, 4) is 17.1 Å². The van der Waals surface area contributed by atoms with Crippen molar-refractivity contribution in [3.05, 3.63) is 112 Å². The van der Waals surface area contributed by atoms with Gasteiger partial charge in [0.25, 0.3) is 0 Å². The molecule has 0 saturated heterocycles. The number of carbonyl (C=O) groups is 1. The molecule has 1 atom stereocenters. The van der Waals surface area contributed by atoms with Crippen molar-refractivity contribution >= 4 is 17.0 Å². The summed E-state index contributed by atoms with van der Waals surface area (Å²) < 4.78 is 57.6. The standard InChI is InChI=1S/C32H28F3N3O5/c1-18-6-7-20(24(33)10-18)17-43-31-5-3-4-27(37-31)23-14-25(34)21(11-26(23)35)13-30-36-28-9-8-19(32(40)41)12-29(28)38(30)15-22(16-39)42-2/h3-12,14,22,39H,13,15-17H2,1-2H3,(H,40,41)/t22-/m1/s1. The van der Waals surface area contributed by atoms with E-state index in [4.69, 9.17) is 9.47 Å². The minimum absolute atomic E-state index is 0.0106. The summed E-state index contributed by atoms with van der Waals surface area (Å²) in [6, 6.07) is 15.9. The lowest BCUT2D eigenvalue weighted by atomic mass is 10.0. The van der Waals surface area contributed by atoms with Gasteiger partial charge >= 0.3 is 5.97 Å². The average molecular weight is 592 g/mol. The second-order valence-electron chi connectivity index (χ2n) is 10.0. The number of halogens is 3. The van der Waals surface area contributed by atoms with Crippen molar-refractivity contribution in [2.45, 2.75) is 32.6 Å². The molecule has 0 bridgehead atoms. The highest BCUT2D eigenvalue weighted by molar-refractivity contribution is 5.92. The van der Waals surface area contributed by atoms with Gasteiger partial charge in [-0.1, -0.05) is 18.2 Å². The topological polar surface area (TPSA) is 107 Å². The Morgan fingerprint density at radius 1 is 0.953 bits per heavy atom. The first-order valence-electron chi connectivity index (χ1n) is 13.4. The number of hydrogen-bond donors (Lipinski definition) is 2. The molecule has 5 aromatic rings. The lowest BCUT2D eigenvalue weighted by molar-refractivity contribution is 0.0375. The van der Waals surface area contributed by atoms with Crippen LogP contribution in [0, 0.1) is 24.4 Å². The van der Waals surface area contributed by atoms with Crippen LogP contribution in [-0.2, 0) is 24.3 Å². The molecule has 3 aromatic carbocycles. The highest BCUT2D eigenvalue weighted by Gasteiger charge is 2.20. The highest BCUT2D eigenvalue weighted by Crippen LogP contribution is 2.28. The number of fused-ring (bicyclic) bond motifs is 1.